The summed E-state index contributed by atoms with van der Waals surface area (Å²) < 4.78 is 58.4. The summed E-state index contributed by atoms with van der Waals surface area (Å²) in [6, 6.07) is 8.98. The Hall–Kier alpha value is -3.72. The molecule has 1 aliphatic carbocycles. The van der Waals surface area contributed by atoms with Crippen molar-refractivity contribution < 1.29 is 27.5 Å². The first kappa shape index (κ1) is 22.1. The lowest BCUT2D eigenvalue weighted by molar-refractivity contribution is -0.251. The number of halogens is 4. The van der Waals surface area contributed by atoms with Gasteiger partial charge in [-0.3, -0.25) is 0 Å². The summed E-state index contributed by atoms with van der Waals surface area (Å²) >= 11 is 0. The van der Waals surface area contributed by atoms with Gasteiger partial charge >= 0.3 is 6.18 Å². The third kappa shape index (κ3) is 3.35. The number of carbonyl (C=O) groups is 1. The molecule has 0 saturated heterocycles. The van der Waals surface area contributed by atoms with Crippen molar-refractivity contribution >= 4 is 17.2 Å². The van der Waals surface area contributed by atoms with Crippen molar-refractivity contribution in [2.75, 3.05) is 6.54 Å². The molecule has 3 atom stereocenters. The molecule has 5 nitrogen and oxygen atoms in total. The Morgan fingerprint density at radius 1 is 1.06 bits per heavy atom. The van der Waals surface area contributed by atoms with Crippen LogP contribution in [-0.2, 0) is 10.4 Å². The van der Waals surface area contributed by atoms with E-state index in [1.165, 1.54) is 64.4 Å². The molecule has 0 saturated carbocycles. The molecule has 1 aromatic heterocycles. The summed E-state index contributed by atoms with van der Waals surface area (Å²) in [5.74, 6) is -1.18. The highest BCUT2D eigenvalue weighted by atomic mass is 19.4. The molecular formula is C25H19F4N3O2. The molecule has 5 rings (SSSR count). The van der Waals surface area contributed by atoms with Gasteiger partial charge in [0.25, 0.3) is 0 Å². The summed E-state index contributed by atoms with van der Waals surface area (Å²) in [6.45, 7) is -0.0970. The first-order valence-electron chi connectivity index (χ1n) is 10.5. The molecule has 0 bridgehead atoms. The first-order valence-corrected chi connectivity index (χ1v) is 10.5. The van der Waals surface area contributed by atoms with E-state index in [0.29, 0.717) is 22.9 Å². The lowest BCUT2D eigenvalue weighted by Gasteiger charge is -2.35. The van der Waals surface area contributed by atoms with E-state index in [-0.39, 0.29) is 17.7 Å². The molecule has 2 aliphatic rings. The minimum atomic E-state index is -5.03. The van der Waals surface area contributed by atoms with Crippen LogP contribution in [0, 0.1) is 11.7 Å². The van der Waals surface area contributed by atoms with Crippen LogP contribution in [0.5, 0.6) is 0 Å². The van der Waals surface area contributed by atoms with Crippen LogP contribution < -0.4 is 0 Å². The quantitative estimate of drug-likeness (QED) is 0.444. The zero-order valence-electron chi connectivity index (χ0n) is 17.7. The van der Waals surface area contributed by atoms with E-state index in [2.05, 4.69) is 5.10 Å². The SMILES string of the molecule is O=CCN1C=C(C(O)(c2ccc3c(cnn3-c3ccc(F)cc3)c2)C(F)(F)F)C2C=CC=CC21. The maximum absolute atomic E-state index is 14.5. The largest absolute Gasteiger partial charge is 0.425 e. The van der Waals surface area contributed by atoms with E-state index in [4.69, 9.17) is 0 Å². The predicted molar refractivity (Wildman–Crippen MR) is 117 cm³/mol. The molecule has 3 aromatic rings. The fraction of sp³-hybridized carbons (Fsp3) is 0.200. The van der Waals surface area contributed by atoms with Gasteiger partial charge in [-0.25, -0.2) is 9.07 Å². The van der Waals surface area contributed by atoms with Gasteiger partial charge in [-0.2, -0.15) is 18.3 Å². The van der Waals surface area contributed by atoms with Crippen LogP contribution in [0.4, 0.5) is 17.6 Å². The fourth-order valence-corrected chi connectivity index (χ4v) is 4.69. The first-order chi connectivity index (χ1) is 16.2. The molecule has 0 radical (unpaired) electrons. The maximum atomic E-state index is 14.5. The third-order valence-corrected chi connectivity index (χ3v) is 6.32. The lowest BCUT2D eigenvalue weighted by Crippen LogP contribution is -2.46. The third-order valence-electron chi connectivity index (χ3n) is 6.32. The molecule has 0 amide bonds. The number of benzene rings is 2. The lowest BCUT2D eigenvalue weighted by atomic mass is 9.77. The monoisotopic (exact) mass is 469 g/mol. The Morgan fingerprint density at radius 2 is 1.79 bits per heavy atom. The van der Waals surface area contributed by atoms with Crippen molar-refractivity contribution in [1.82, 2.24) is 14.7 Å². The highest BCUT2D eigenvalue weighted by Crippen LogP contribution is 2.51. The van der Waals surface area contributed by atoms with E-state index in [9.17, 15) is 27.5 Å². The fourth-order valence-electron chi connectivity index (χ4n) is 4.69. The molecule has 2 aromatic carbocycles. The topological polar surface area (TPSA) is 58.4 Å². The van der Waals surface area contributed by atoms with Crippen molar-refractivity contribution in [1.29, 1.82) is 0 Å². The zero-order chi connectivity index (χ0) is 24.1. The maximum Gasteiger partial charge on any atom is 0.425 e. The van der Waals surface area contributed by atoms with E-state index < -0.39 is 29.6 Å². The molecular weight excluding hydrogens is 450 g/mol. The Morgan fingerprint density at radius 3 is 2.50 bits per heavy atom. The van der Waals surface area contributed by atoms with Crippen LogP contribution in [0.2, 0.25) is 0 Å². The van der Waals surface area contributed by atoms with Gasteiger partial charge in [0.15, 0.2) is 0 Å². The normalized spacial score (nSPS) is 21.4. The second kappa shape index (κ2) is 7.95. The van der Waals surface area contributed by atoms with Crippen molar-refractivity contribution in [3.63, 3.8) is 0 Å². The second-order valence-corrected chi connectivity index (χ2v) is 8.25. The number of hydrogen-bond acceptors (Lipinski definition) is 4. The number of carbonyl (C=O) groups excluding carboxylic acids is 1. The Kier molecular flexibility index (Phi) is 5.16. The van der Waals surface area contributed by atoms with Gasteiger partial charge in [0.05, 0.1) is 30.0 Å². The Bertz CT molecular complexity index is 1340. The predicted octanol–water partition coefficient (Wildman–Crippen LogP) is 4.42. The summed E-state index contributed by atoms with van der Waals surface area (Å²) in [7, 11) is 0. The van der Waals surface area contributed by atoms with E-state index in [1.807, 2.05) is 0 Å². The number of hydrogen-bond donors (Lipinski definition) is 1. The Balaban J connectivity index is 1.63. The van der Waals surface area contributed by atoms with Crippen molar-refractivity contribution in [3.8, 4) is 5.69 Å². The molecule has 0 spiro atoms. The summed E-state index contributed by atoms with van der Waals surface area (Å²) in [5.41, 5.74) is -2.85. The molecule has 34 heavy (non-hydrogen) atoms. The summed E-state index contributed by atoms with van der Waals surface area (Å²) in [6.07, 6.45) is 4.87. The van der Waals surface area contributed by atoms with Crippen LogP contribution >= 0.6 is 0 Å². The molecule has 9 heteroatoms. The molecule has 2 heterocycles. The van der Waals surface area contributed by atoms with Gasteiger partial charge in [-0.05, 0) is 42.0 Å². The van der Waals surface area contributed by atoms with E-state index in [0.717, 1.165) is 0 Å². The van der Waals surface area contributed by atoms with Gasteiger partial charge in [0, 0.05) is 23.1 Å². The van der Waals surface area contributed by atoms with Crippen LogP contribution in [0.15, 0.2) is 84.7 Å². The minimum absolute atomic E-state index is 0.0970. The molecule has 3 unspecified atom stereocenters. The van der Waals surface area contributed by atoms with Crippen molar-refractivity contribution in [3.05, 3.63) is 96.1 Å². The van der Waals surface area contributed by atoms with E-state index in [1.54, 1.807) is 24.3 Å². The van der Waals surface area contributed by atoms with E-state index >= 15 is 0 Å². The number of aldehydes is 1. The number of aliphatic hydroxyl groups is 1. The summed E-state index contributed by atoms with van der Waals surface area (Å²) in [5, 5.41) is 15.9. The van der Waals surface area contributed by atoms with Crippen LogP contribution in [0.3, 0.4) is 0 Å². The van der Waals surface area contributed by atoms with Gasteiger partial charge in [-0.15, -0.1) is 0 Å². The highest BCUT2D eigenvalue weighted by Gasteiger charge is 2.60. The average Bonchev–Trinajstić information content (AvgIpc) is 3.40. The molecule has 1 N–H and O–H groups in total. The number of rotatable bonds is 5. The minimum Gasteiger partial charge on any atom is -0.372 e. The van der Waals surface area contributed by atoms with Crippen molar-refractivity contribution in [2.24, 2.45) is 5.92 Å². The highest BCUT2D eigenvalue weighted by molar-refractivity contribution is 5.81. The van der Waals surface area contributed by atoms with Gasteiger partial charge in [0.1, 0.15) is 12.1 Å². The standard InChI is InChI=1S/C25H19F4N3O2/c26-18-6-8-19(9-7-18)32-22-10-5-17(13-16(22)14-30-32)24(34,25(27,28)29)21-15-31(11-12-33)23-4-2-1-3-20(21)23/h1-10,12-15,20,23,34H,11H2. The van der Waals surface area contributed by atoms with Gasteiger partial charge < -0.3 is 14.8 Å². The van der Waals surface area contributed by atoms with Crippen LogP contribution in [-0.4, -0.2) is 44.8 Å². The number of fused-ring (bicyclic) bond motifs is 2. The summed E-state index contributed by atoms with van der Waals surface area (Å²) in [4.78, 5) is 12.6. The van der Waals surface area contributed by atoms with Crippen LogP contribution in [0.25, 0.3) is 16.6 Å². The van der Waals surface area contributed by atoms with Crippen LogP contribution in [0.1, 0.15) is 5.56 Å². The van der Waals surface area contributed by atoms with Gasteiger partial charge in [-0.1, -0.05) is 30.4 Å². The zero-order valence-corrected chi connectivity index (χ0v) is 17.7. The molecule has 0 fully saturated rings. The molecule has 174 valence electrons. The number of alkyl halides is 3. The Labute approximate surface area is 191 Å². The number of nitrogens with zero attached hydrogens (tertiary/aromatic N) is 3. The van der Waals surface area contributed by atoms with Crippen molar-refractivity contribution in [2.45, 2.75) is 17.8 Å². The smallest absolute Gasteiger partial charge is 0.372 e. The second-order valence-electron chi connectivity index (χ2n) is 8.25. The molecule has 1 aliphatic heterocycles. The number of aromatic nitrogens is 2. The number of allylic oxidation sites excluding steroid dienone is 2. The van der Waals surface area contributed by atoms with Gasteiger partial charge in [0.2, 0.25) is 5.60 Å². The average molecular weight is 469 g/mol.